The first-order valence-corrected chi connectivity index (χ1v) is 5.94. The quantitative estimate of drug-likeness (QED) is 0.827. The van der Waals surface area contributed by atoms with Crippen LogP contribution in [0.2, 0.25) is 0 Å². The number of nitrogens with zero attached hydrogens (tertiary/aromatic N) is 2. The molecule has 0 saturated carbocycles. The molecule has 1 aromatic rings. The zero-order valence-electron chi connectivity index (χ0n) is 10.4. The molecule has 0 radical (unpaired) electrons. The lowest BCUT2D eigenvalue weighted by molar-refractivity contribution is -0.133. The number of likely N-dealkylation sites (tertiary alicyclic amines) is 1. The Balaban J connectivity index is 2.06. The van der Waals surface area contributed by atoms with Gasteiger partial charge in [0.25, 0.3) is 0 Å². The molecule has 92 valence electrons. The van der Waals surface area contributed by atoms with Crippen LogP contribution in [0.3, 0.4) is 0 Å². The predicted octanol–water partition coefficient (Wildman–Crippen LogP) is 0.962. The van der Waals surface area contributed by atoms with E-state index in [4.69, 9.17) is 5.73 Å². The average molecular weight is 233 g/mol. The first kappa shape index (κ1) is 12.0. The number of rotatable bonds is 2. The van der Waals surface area contributed by atoms with Gasteiger partial charge < -0.3 is 10.6 Å². The first-order valence-electron chi connectivity index (χ1n) is 5.94. The summed E-state index contributed by atoms with van der Waals surface area (Å²) in [5, 5.41) is 0. The summed E-state index contributed by atoms with van der Waals surface area (Å²) < 4.78 is 0. The number of amides is 1. The van der Waals surface area contributed by atoms with E-state index in [9.17, 15) is 4.79 Å². The smallest absolute Gasteiger partial charge is 0.227 e. The number of hydrogen-bond acceptors (Lipinski definition) is 3. The van der Waals surface area contributed by atoms with Gasteiger partial charge in [-0.2, -0.15) is 0 Å². The minimum atomic E-state index is -0.126. The Morgan fingerprint density at radius 3 is 2.94 bits per heavy atom. The van der Waals surface area contributed by atoms with Crippen LogP contribution >= 0.6 is 0 Å². The Hall–Kier alpha value is -1.42. The van der Waals surface area contributed by atoms with Gasteiger partial charge in [0, 0.05) is 30.5 Å². The second-order valence-electron chi connectivity index (χ2n) is 5.32. The fraction of sp³-hybridized carbons (Fsp3) is 0.538. The number of pyridine rings is 1. The lowest BCUT2D eigenvalue weighted by Gasteiger charge is -2.31. The van der Waals surface area contributed by atoms with Crippen molar-refractivity contribution >= 4 is 5.91 Å². The van der Waals surface area contributed by atoms with E-state index in [1.807, 2.05) is 17.0 Å². The maximum Gasteiger partial charge on any atom is 0.227 e. The summed E-state index contributed by atoms with van der Waals surface area (Å²) in [6.07, 6.45) is 4.72. The van der Waals surface area contributed by atoms with Crippen molar-refractivity contribution in [1.82, 2.24) is 9.88 Å². The zero-order valence-corrected chi connectivity index (χ0v) is 10.4. The van der Waals surface area contributed by atoms with E-state index in [1.54, 1.807) is 12.4 Å². The number of hydrogen-bond donors (Lipinski definition) is 1. The van der Waals surface area contributed by atoms with Gasteiger partial charge in [-0.25, -0.2) is 0 Å². The summed E-state index contributed by atoms with van der Waals surface area (Å²) in [4.78, 5) is 18.1. The van der Waals surface area contributed by atoms with Crippen LogP contribution < -0.4 is 5.73 Å². The van der Waals surface area contributed by atoms with Crippen molar-refractivity contribution < 1.29 is 4.79 Å². The molecule has 1 aliphatic rings. The summed E-state index contributed by atoms with van der Waals surface area (Å²) in [5.74, 6) is 0.135. The van der Waals surface area contributed by atoms with Gasteiger partial charge in [-0.1, -0.05) is 6.07 Å². The van der Waals surface area contributed by atoms with Crippen molar-refractivity contribution in [1.29, 1.82) is 0 Å². The van der Waals surface area contributed by atoms with Crippen molar-refractivity contribution in [3.63, 3.8) is 0 Å². The molecule has 0 bridgehead atoms. The summed E-state index contributed by atoms with van der Waals surface area (Å²) >= 11 is 0. The minimum Gasteiger partial charge on any atom is -0.336 e. The van der Waals surface area contributed by atoms with Gasteiger partial charge in [-0.05, 0) is 31.9 Å². The first-order chi connectivity index (χ1) is 7.99. The van der Waals surface area contributed by atoms with Gasteiger partial charge >= 0.3 is 0 Å². The molecule has 4 heteroatoms. The van der Waals surface area contributed by atoms with Crippen LogP contribution in [0.15, 0.2) is 24.5 Å². The molecule has 1 aliphatic heterocycles. The van der Waals surface area contributed by atoms with Crippen LogP contribution in [0.25, 0.3) is 0 Å². The second kappa shape index (κ2) is 4.45. The van der Waals surface area contributed by atoms with E-state index in [2.05, 4.69) is 18.8 Å². The maximum atomic E-state index is 12.2. The van der Waals surface area contributed by atoms with Crippen molar-refractivity contribution in [3.8, 4) is 0 Å². The highest BCUT2D eigenvalue weighted by Crippen LogP contribution is 2.28. The standard InChI is InChI=1S/C13H19N3O/c1-13(2)7-11(14)9-16(13)12(17)6-10-4-3-5-15-8-10/h3-5,8,11H,6-7,9,14H2,1-2H3. The van der Waals surface area contributed by atoms with Crippen molar-refractivity contribution in [2.24, 2.45) is 5.73 Å². The highest BCUT2D eigenvalue weighted by atomic mass is 16.2. The molecule has 0 spiro atoms. The van der Waals surface area contributed by atoms with Crippen molar-refractivity contribution in [3.05, 3.63) is 30.1 Å². The minimum absolute atomic E-state index is 0.0999. The highest BCUT2D eigenvalue weighted by molar-refractivity contribution is 5.79. The fourth-order valence-electron chi connectivity index (χ4n) is 2.51. The number of nitrogens with two attached hydrogens (primary N) is 1. The molecule has 2 N–H and O–H groups in total. The summed E-state index contributed by atoms with van der Waals surface area (Å²) in [7, 11) is 0. The molecule has 1 fully saturated rings. The molecule has 1 unspecified atom stereocenters. The van der Waals surface area contributed by atoms with Crippen molar-refractivity contribution in [2.45, 2.75) is 38.3 Å². The lowest BCUT2D eigenvalue weighted by Crippen LogP contribution is -2.43. The molecule has 0 aromatic carbocycles. The van der Waals surface area contributed by atoms with Crippen LogP contribution in [0.1, 0.15) is 25.8 Å². The molecular formula is C13H19N3O. The monoisotopic (exact) mass is 233 g/mol. The predicted molar refractivity (Wildman–Crippen MR) is 66.3 cm³/mol. The zero-order chi connectivity index (χ0) is 12.5. The Bertz CT molecular complexity index is 402. The molecule has 1 atom stereocenters. The SMILES string of the molecule is CC1(C)CC(N)CN1C(=O)Cc1cccnc1. The molecular weight excluding hydrogens is 214 g/mol. The van der Waals surface area contributed by atoms with Crippen LogP contribution in [0.5, 0.6) is 0 Å². The normalized spacial score (nSPS) is 22.8. The summed E-state index contributed by atoms with van der Waals surface area (Å²) in [6, 6.07) is 3.88. The average Bonchev–Trinajstić information content (AvgIpc) is 2.53. The third-order valence-electron chi connectivity index (χ3n) is 3.29. The largest absolute Gasteiger partial charge is 0.336 e. The van der Waals surface area contributed by atoms with E-state index < -0.39 is 0 Å². The maximum absolute atomic E-state index is 12.2. The number of carbonyl (C=O) groups is 1. The van der Waals surface area contributed by atoms with Gasteiger partial charge in [-0.15, -0.1) is 0 Å². The van der Waals surface area contributed by atoms with Crippen molar-refractivity contribution in [2.75, 3.05) is 6.54 Å². The van der Waals surface area contributed by atoms with E-state index in [0.29, 0.717) is 13.0 Å². The van der Waals surface area contributed by atoms with Gasteiger partial charge in [-0.3, -0.25) is 9.78 Å². The number of carbonyl (C=O) groups excluding carboxylic acids is 1. The second-order valence-corrected chi connectivity index (χ2v) is 5.32. The highest BCUT2D eigenvalue weighted by Gasteiger charge is 2.39. The lowest BCUT2D eigenvalue weighted by atomic mass is 10.00. The van der Waals surface area contributed by atoms with E-state index in [1.165, 1.54) is 0 Å². The molecule has 1 amide bonds. The van der Waals surface area contributed by atoms with Crippen LogP contribution in [-0.2, 0) is 11.2 Å². The van der Waals surface area contributed by atoms with Crippen LogP contribution in [-0.4, -0.2) is 33.9 Å². The molecule has 17 heavy (non-hydrogen) atoms. The van der Waals surface area contributed by atoms with Crippen LogP contribution in [0.4, 0.5) is 0 Å². The Kier molecular flexibility index (Phi) is 3.15. The molecule has 0 aliphatic carbocycles. The Morgan fingerprint density at radius 1 is 1.65 bits per heavy atom. The van der Waals surface area contributed by atoms with Crippen LogP contribution in [0, 0.1) is 0 Å². The Morgan fingerprint density at radius 2 is 2.41 bits per heavy atom. The van der Waals surface area contributed by atoms with Gasteiger partial charge in [0.15, 0.2) is 0 Å². The van der Waals surface area contributed by atoms with E-state index in [0.717, 1.165) is 12.0 Å². The summed E-state index contributed by atoms with van der Waals surface area (Å²) in [6.45, 7) is 4.80. The molecule has 4 nitrogen and oxygen atoms in total. The summed E-state index contributed by atoms with van der Waals surface area (Å²) in [5.41, 5.74) is 6.75. The van der Waals surface area contributed by atoms with E-state index >= 15 is 0 Å². The van der Waals surface area contributed by atoms with Gasteiger partial charge in [0.2, 0.25) is 5.91 Å². The topological polar surface area (TPSA) is 59.2 Å². The fourth-order valence-corrected chi connectivity index (χ4v) is 2.51. The third kappa shape index (κ3) is 2.64. The Labute approximate surface area is 102 Å². The van der Waals surface area contributed by atoms with Gasteiger partial charge in [0.1, 0.15) is 0 Å². The molecule has 2 rings (SSSR count). The molecule has 1 aromatic heterocycles. The van der Waals surface area contributed by atoms with E-state index in [-0.39, 0.29) is 17.5 Å². The molecule has 1 saturated heterocycles. The molecule has 2 heterocycles. The third-order valence-corrected chi connectivity index (χ3v) is 3.29. The number of aromatic nitrogens is 1. The van der Waals surface area contributed by atoms with Gasteiger partial charge in [0.05, 0.1) is 6.42 Å².